The summed E-state index contributed by atoms with van der Waals surface area (Å²) >= 11 is 0.951. The van der Waals surface area contributed by atoms with Crippen LogP contribution in [-0.4, -0.2) is 40.0 Å². The lowest BCUT2D eigenvalue weighted by Crippen LogP contribution is -2.26. The van der Waals surface area contributed by atoms with E-state index >= 15 is 0 Å². The lowest BCUT2D eigenvalue weighted by atomic mass is 9.94. The molecule has 0 aliphatic rings. The van der Waals surface area contributed by atoms with Crippen LogP contribution in [0.3, 0.4) is 0 Å². The topological polar surface area (TPSA) is 108 Å². The normalized spacial score (nSPS) is 12.4. The largest absolute Gasteiger partial charge is 0.416 e. The Labute approximate surface area is 195 Å². The van der Waals surface area contributed by atoms with Gasteiger partial charge in [0.05, 0.1) is 16.7 Å². The Hall–Kier alpha value is -3.71. The smallest absolute Gasteiger partial charge is 0.361 e. The summed E-state index contributed by atoms with van der Waals surface area (Å²) in [6.07, 6.45) is 1.37. The molecule has 0 radical (unpaired) electrons. The van der Waals surface area contributed by atoms with Crippen molar-refractivity contribution in [2.45, 2.75) is 11.1 Å². The molecule has 3 aromatic heterocycles. The van der Waals surface area contributed by atoms with E-state index in [1.54, 1.807) is 12.3 Å². The van der Waals surface area contributed by atoms with Gasteiger partial charge in [-0.25, -0.2) is 17.7 Å². The number of aromatic amines is 2. The highest BCUT2D eigenvalue weighted by atomic mass is 32.2. The minimum Gasteiger partial charge on any atom is -0.361 e. The van der Waals surface area contributed by atoms with E-state index in [0.29, 0.717) is 33.2 Å². The molecule has 13 heteroatoms. The van der Waals surface area contributed by atoms with Crippen molar-refractivity contribution in [2.24, 2.45) is 0 Å². The molecule has 0 fully saturated rings. The highest BCUT2D eigenvalue weighted by Gasteiger charge is 2.31. The molecule has 0 aliphatic heterocycles. The van der Waals surface area contributed by atoms with Crippen molar-refractivity contribution in [3.05, 3.63) is 66.9 Å². The first-order valence-electron chi connectivity index (χ1n) is 9.74. The summed E-state index contributed by atoms with van der Waals surface area (Å²) in [5.41, 5.74) is 1.74. The van der Waals surface area contributed by atoms with E-state index in [1.807, 2.05) is 0 Å². The number of rotatable bonds is 5. The van der Waals surface area contributed by atoms with Crippen LogP contribution in [0.15, 0.2) is 66.2 Å². The summed E-state index contributed by atoms with van der Waals surface area (Å²) in [6.45, 7) is 0. The summed E-state index contributed by atoms with van der Waals surface area (Å²) in [7, 11) is -2.50. The number of hydrogen-bond donors (Lipinski definition) is 2. The van der Waals surface area contributed by atoms with E-state index in [2.05, 4.69) is 24.5 Å². The zero-order valence-electron chi connectivity index (χ0n) is 17.3. The quantitative estimate of drug-likeness (QED) is 0.353. The van der Waals surface area contributed by atoms with Crippen LogP contribution in [0.2, 0.25) is 0 Å². The third kappa shape index (κ3) is 3.72. The van der Waals surface area contributed by atoms with Crippen molar-refractivity contribution in [3.8, 4) is 22.3 Å². The molecule has 0 atom stereocenters. The fourth-order valence-electron chi connectivity index (χ4n) is 3.65. The maximum absolute atomic E-state index is 13.4. The minimum absolute atomic E-state index is 0.0357. The summed E-state index contributed by atoms with van der Waals surface area (Å²) < 4.78 is 71.0. The maximum Gasteiger partial charge on any atom is 0.416 e. The Kier molecular flexibility index (Phi) is 5.17. The van der Waals surface area contributed by atoms with Crippen LogP contribution < -0.4 is 4.31 Å². The Balaban J connectivity index is 1.62. The summed E-state index contributed by atoms with van der Waals surface area (Å²) in [5, 5.41) is 7.36. The van der Waals surface area contributed by atoms with Gasteiger partial charge in [0.25, 0.3) is 10.0 Å². The van der Waals surface area contributed by atoms with Crippen LogP contribution in [0.1, 0.15) is 5.56 Å². The van der Waals surface area contributed by atoms with Gasteiger partial charge < -0.3 is 4.98 Å². The van der Waals surface area contributed by atoms with Crippen molar-refractivity contribution >= 4 is 37.6 Å². The molecular weight excluding hydrogens is 489 g/mol. The van der Waals surface area contributed by atoms with Crippen LogP contribution in [0.25, 0.3) is 33.2 Å². The van der Waals surface area contributed by atoms with Crippen molar-refractivity contribution in [2.75, 3.05) is 11.4 Å². The number of fused-ring (bicyclic) bond motifs is 1. The molecule has 34 heavy (non-hydrogen) atoms. The number of hydrogen-bond acceptors (Lipinski definition) is 6. The maximum atomic E-state index is 13.4. The second kappa shape index (κ2) is 7.95. The van der Waals surface area contributed by atoms with Crippen molar-refractivity contribution in [1.82, 2.24) is 24.5 Å². The van der Waals surface area contributed by atoms with Crippen molar-refractivity contribution in [3.63, 3.8) is 0 Å². The van der Waals surface area contributed by atoms with Crippen LogP contribution in [0.5, 0.6) is 0 Å². The molecular formula is C21H15F3N6O2S2. The molecule has 0 aliphatic carbocycles. The van der Waals surface area contributed by atoms with Gasteiger partial charge in [-0.3, -0.25) is 5.10 Å². The zero-order chi connectivity index (χ0) is 24.1. The van der Waals surface area contributed by atoms with E-state index in [9.17, 15) is 21.6 Å². The molecule has 0 spiro atoms. The summed E-state index contributed by atoms with van der Waals surface area (Å²) in [6, 6.07) is 8.06. The molecule has 174 valence electrons. The van der Waals surface area contributed by atoms with Crippen LogP contribution in [0.4, 0.5) is 18.3 Å². The predicted molar refractivity (Wildman–Crippen MR) is 122 cm³/mol. The number of anilines is 1. The first-order valence-corrected chi connectivity index (χ1v) is 11.9. The lowest BCUT2D eigenvalue weighted by molar-refractivity contribution is -0.137. The minimum atomic E-state index is -4.50. The van der Waals surface area contributed by atoms with E-state index in [-0.39, 0.29) is 10.0 Å². The van der Waals surface area contributed by atoms with Gasteiger partial charge in [0.1, 0.15) is 6.33 Å². The molecule has 2 N–H and O–H groups in total. The zero-order valence-corrected chi connectivity index (χ0v) is 19.0. The summed E-state index contributed by atoms with van der Waals surface area (Å²) in [4.78, 5) is 7.00. The average Bonchev–Trinajstić information content (AvgIpc) is 3.59. The number of sulfonamides is 1. The predicted octanol–water partition coefficient (Wildman–Crippen LogP) is 4.92. The standard InChI is InChI=1S/C21H15F3N6O2S2/c1-30(20-26-11-29-33-20)34(31,32)14-3-5-16-18(10-25-19(16)7-14)15-4-2-13(21(22,23)24)6-17(15)12-8-27-28-9-12/h2-11,25H,1H3,(H,27,28). The monoisotopic (exact) mass is 504 g/mol. The molecule has 5 rings (SSSR count). The Bertz CT molecular complexity index is 1580. The van der Waals surface area contributed by atoms with Crippen LogP contribution in [0, 0.1) is 0 Å². The van der Waals surface area contributed by atoms with Gasteiger partial charge in [-0.2, -0.15) is 22.6 Å². The van der Waals surface area contributed by atoms with E-state index in [0.717, 1.165) is 28.0 Å². The highest BCUT2D eigenvalue weighted by molar-refractivity contribution is 7.93. The molecule has 5 aromatic rings. The van der Waals surface area contributed by atoms with Gasteiger partial charge in [-0.15, -0.1) is 0 Å². The van der Waals surface area contributed by atoms with Gasteiger partial charge >= 0.3 is 6.18 Å². The van der Waals surface area contributed by atoms with E-state index < -0.39 is 21.8 Å². The molecule has 0 saturated carbocycles. The fourth-order valence-corrected chi connectivity index (χ4v) is 5.52. The molecule has 0 bridgehead atoms. The Morgan fingerprint density at radius 3 is 2.53 bits per heavy atom. The number of nitrogens with zero attached hydrogens (tertiary/aromatic N) is 4. The molecule has 0 saturated heterocycles. The van der Waals surface area contributed by atoms with Gasteiger partial charge in [0, 0.05) is 53.0 Å². The number of halogens is 3. The van der Waals surface area contributed by atoms with Gasteiger partial charge in [0.2, 0.25) is 5.13 Å². The van der Waals surface area contributed by atoms with Gasteiger partial charge in [-0.1, -0.05) is 12.1 Å². The van der Waals surface area contributed by atoms with Gasteiger partial charge in [0.15, 0.2) is 0 Å². The van der Waals surface area contributed by atoms with Gasteiger partial charge in [-0.05, 0) is 35.4 Å². The number of benzene rings is 2. The fraction of sp³-hybridized carbons (Fsp3) is 0.0952. The highest BCUT2D eigenvalue weighted by Crippen LogP contribution is 2.40. The number of aromatic nitrogens is 5. The Morgan fingerprint density at radius 2 is 1.85 bits per heavy atom. The lowest BCUT2D eigenvalue weighted by Gasteiger charge is -2.16. The summed E-state index contributed by atoms with van der Waals surface area (Å²) in [5.74, 6) is 0. The van der Waals surface area contributed by atoms with Crippen molar-refractivity contribution in [1.29, 1.82) is 0 Å². The van der Waals surface area contributed by atoms with Crippen LogP contribution >= 0.6 is 11.5 Å². The molecule has 0 amide bonds. The molecule has 2 aromatic carbocycles. The van der Waals surface area contributed by atoms with E-state index in [4.69, 9.17) is 0 Å². The third-order valence-corrected chi connectivity index (χ3v) is 7.98. The number of alkyl halides is 3. The first kappa shape index (κ1) is 22.1. The molecule has 3 heterocycles. The number of H-pyrrole nitrogens is 2. The average molecular weight is 505 g/mol. The first-order chi connectivity index (χ1) is 16.2. The second-order valence-electron chi connectivity index (χ2n) is 7.35. The van der Waals surface area contributed by atoms with Crippen molar-refractivity contribution < 1.29 is 21.6 Å². The Morgan fingerprint density at radius 1 is 1.03 bits per heavy atom. The molecule has 0 unspecified atom stereocenters. The molecule has 8 nitrogen and oxygen atoms in total. The van der Waals surface area contributed by atoms with E-state index in [1.165, 1.54) is 44.0 Å². The second-order valence-corrected chi connectivity index (χ2v) is 10.1. The van der Waals surface area contributed by atoms with Crippen LogP contribution in [-0.2, 0) is 16.2 Å². The SMILES string of the molecule is CN(c1ncns1)S(=O)(=O)c1ccc2c(-c3ccc(C(F)(F)F)cc3-c3cn[nH]c3)c[nH]c2c1. The third-order valence-electron chi connectivity index (χ3n) is 5.38. The number of nitrogens with one attached hydrogen (secondary N) is 2.